The molecule has 5 nitrogen and oxygen atoms in total. The second-order valence-corrected chi connectivity index (χ2v) is 5.24. The van der Waals surface area contributed by atoms with Crippen molar-refractivity contribution in [2.75, 3.05) is 19.0 Å². The van der Waals surface area contributed by atoms with Crippen molar-refractivity contribution >= 4 is 17.2 Å². The predicted octanol–water partition coefficient (Wildman–Crippen LogP) is 4.01. The normalized spacial score (nSPS) is 10.7. The van der Waals surface area contributed by atoms with E-state index >= 15 is 0 Å². The second kappa shape index (κ2) is 8.55. The Hall–Kier alpha value is -3.26. The Morgan fingerprint density at radius 2 is 1.84 bits per heavy atom. The fraction of sp³-hybridized carbons (Fsp3) is 0.200. The summed E-state index contributed by atoms with van der Waals surface area (Å²) >= 11 is 0. The molecule has 0 saturated carbocycles. The van der Waals surface area contributed by atoms with Gasteiger partial charge in [0.05, 0.1) is 19.8 Å². The second-order valence-electron chi connectivity index (χ2n) is 5.24. The van der Waals surface area contributed by atoms with E-state index in [2.05, 4.69) is 11.4 Å². The number of nitrogens with one attached hydrogen (secondary N) is 1. The molecule has 5 heteroatoms. The molecular weight excluding hydrogens is 316 g/mol. The van der Waals surface area contributed by atoms with Gasteiger partial charge < -0.3 is 14.8 Å². The maximum Gasteiger partial charge on any atom is 0.221 e. The first-order valence-corrected chi connectivity index (χ1v) is 7.88. The van der Waals surface area contributed by atoms with Gasteiger partial charge in [-0.15, -0.1) is 0 Å². The van der Waals surface area contributed by atoms with Crippen molar-refractivity contribution in [1.82, 2.24) is 0 Å². The lowest BCUT2D eigenvalue weighted by Crippen LogP contribution is -2.05. The van der Waals surface area contributed by atoms with Gasteiger partial charge in [0.1, 0.15) is 0 Å². The number of rotatable bonds is 6. The standard InChI is InChI=1S/C20H20N2O3/c1-4-25-20-13-16(7-10-19(20)24-3)18(11-12-21)15-5-8-17(9-6-15)22-14(2)23/h5-11,13H,4H2,1-3H3,(H,22,23)/b18-11-. The van der Waals surface area contributed by atoms with Crippen molar-refractivity contribution in [3.8, 4) is 17.6 Å². The number of benzene rings is 2. The Kier molecular flexibility index (Phi) is 6.19. The molecule has 0 aromatic heterocycles. The highest BCUT2D eigenvalue weighted by Gasteiger charge is 2.11. The van der Waals surface area contributed by atoms with E-state index in [0.29, 0.717) is 23.8 Å². The molecule has 0 heterocycles. The molecule has 0 aliphatic rings. The lowest BCUT2D eigenvalue weighted by atomic mass is 9.97. The van der Waals surface area contributed by atoms with Crippen molar-refractivity contribution in [3.05, 3.63) is 59.7 Å². The molecule has 2 rings (SSSR count). The van der Waals surface area contributed by atoms with Crippen LogP contribution in [0, 0.1) is 11.3 Å². The number of methoxy groups -OCH3 is 1. The van der Waals surface area contributed by atoms with Crippen LogP contribution in [0.3, 0.4) is 0 Å². The van der Waals surface area contributed by atoms with E-state index in [4.69, 9.17) is 14.7 Å². The van der Waals surface area contributed by atoms with Crippen LogP contribution in [0.2, 0.25) is 0 Å². The number of amides is 1. The molecule has 0 unspecified atom stereocenters. The molecule has 0 saturated heterocycles. The van der Waals surface area contributed by atoms with Gasteiger partial charge >= 0.3 is 0 Å². The minimum atomic E-state index is -0.128. The summed E-state index contributed by atoms with van der Waals surface area (Å²) in [5.41, 5.74) is 3.18. The van der Waals surface area contributed by atoms with Gasteiger partial charge in [0.2, 0.25) is 5.91 Å². The molecule has 0 fully saturated rings. The molecule has 25 heavy (non-hydrogen) atoms. The number of ether oxygens (including phenoxy) is 2. The number of carbonyl (C=O) groups is 1. The van der Waals surface area contributed by atoms with Crippen LogP contribution in [0.25, 0.3) is 5.57 Å². The van der Waals surface area contributed by atoms with E-state index in [1.807, 2.05) is 37.3 Å². The van der Waals surface area contributed by atoms with Crippen molar-refractivity contribution < 1.29 is 14.3 Å². The molecule has 0 atom stereocenters. The van der Waals surface area contributed by atoms with E-state index < -0.39 is 0 Å². The van der Waals surface area contributed by atoms with Crippen molar-refractivity contribution in [1.29, 1.82) is 5.26 Å². The Bertz CT molecular complexity index is 818. The molecule has 0 spiro atoms. The van der Waals surface area contributed by atoms with Gasteiger partial charge in [-0.05, 0) is 47.9 Å². The molecule has 0 aliphatic heterocycles. The van der Waals surface area contributed by atoms with Crippen LogP contribution in [0.4, 0.5) is 5.69 Å². The summed E-state index contributed by atoms with van der Waals surface area (Å²) in [5, 5.41) is 11.9. The quantitative estimate of drug-likeness (QED) is 0.809. The molecule has 128 valence electrons. The fourth-order valence-electron chi connectivity index (χ4n) is 2.45. The number of hydrogen-bond acceptors (Lipinski definition) is 4. The number of carbonyl (C=O) groups excluding carboxylic acids is 1. The van der Waals surface area contributed by atoms with E-state index in [-0.39, 0.29) is 5.91 Å². The number of anilines is 1. The first-order chi connectivity index (χ1) is 12.1. The Morgan fingerprint density at radius 1 is 1.16 bits per heavy atom. The minimum Gasteiger partial charge on any atom is -0.493 e. The van der Waals surface area contributed by atoms with Crippen molar-refractivity contribution in [2.45, 2.75) is 13.8 Å². The summed E-state index contributed by atoms with van der Waals surface area (Å²) in [4.78, 5) is 11.1. The molecule has 0 bridgehead atoms. The van der Waals surface area contributed by atoms with Crippen LogP contribution >= 0.6 is 0 Å². The van der Waals surface area contributed by atoms with Crippen LogP contribution < -0.4 is 14.8 Å². The largest absolute Gasteiger partial charge is 0.493 e. The zero-order valence-corrected chi connectivity index (χ0v) is 14.5. The highest BCUT2D eigenvalue weighted by atomic mass is 16.5. The van der Waals surface area contributed by atoms with Crippen LogP contribution in [0.1, 0.15) is 25.0 Å². The monoisotopic (exact) mass is 336 g/mol. The van der Waals surface area contributed by atoms with Gasteiger partial charge in [0.25, 0.3) is 0 Å². The van der Waals surface area contributed by atoms with Gasteiger partial charge in [0.15, 0.2) is 11.5 Å². The summed E-state index contributed by atoms with van der Waals surface area (Å²) < 4.78 is 10.9. The van der Waals surface area contributed by atoms with Crippen LogP contribution in [0.5, 0.6) is 11.5 Å². The van der Waals surface area contributed by atoms with Gasteiger partial charge in [0, 0.05) is 18.7 Å². The van der Waals surface area contributed by atoms with Gasteiger partial charge in [-0.1, -0.05) is 18.2 Å². The third kappa shape index (κ3) is 4.61. The number of hydrogen-bond donors (Lipinski definition) is 1. The SMILES string of the molecule is CCOc1cc(/C(=C\C#N)c2ccc(NC(C)=O)cc2)ccc1OC. The third-order valence-electron chi connectivity index (χ3n) is 3.50. The van der Waals surface area contributed by atoms with Crippen LogP contribution in [-0.4, -0.2) is 19.6 Å². The minimum absolute atomic E-state index is 0.128. The summed E-state index contributed by atoms with van der Waals surface area (Å²) in [7, 11) is 1.59. The van der Waals surface area contributed by atoms with Crippen molar-refractivity contribution in [2.24, 2.45) is 0 Å². The van der Waals surface area contributed by atoms with Crippen LogP contribution in [0.15, 0.2) is 48.5 Å². The zero-order chi connectivity index (χ0) is 18.2. The predicted molar refractivity (Wildman–Crippen MR) is 97.6 cm³/mol. The summed E-state index contributed by atoms with van der Waals surface area (Å²) in [6.07, 6.45) is 1.49. The summed E-state index contributed by atoms with van der Waals surface area (Å²) in [6.45, 7) is 3.88. The van der Waals surface area contributed by atoms with Crippen molar-refractivity contribution in [3.63, 3.8) is 0 Å². The molecule has 1 N–H and O–H groups in total. The molecular formula is C20H20N2O3. The lowest BCUT2D eigenvalue weighted by molar-refractivity contribution is -0.114. The number of nitriles is 1. The van der Waals surface area contributed by atoms with E-state index in [9.17, 15) is 4.79 Å². The average Bonchev–Trinajstić information content (AvgIpc) is 2.60. The third-order valence-corrected chi connectivity index (χ3v) is 3.50. The highest BCUT2D eigenvalue weighted by Crippen LogP contribution is 2.33. The Labute approximate surface area is 147 Å². The van der Waals surface area contributed by atoms with E-state index in [1.54, 1.807) is 19.2 Å². The van der Waals surface area contributed by atoms with Gasteiger partial charge in [-0.3, -0.25) is 4.79 Å². The molecule has 0 aliphatic carbocycles. The number of allylic oxidation sites excluding steroid dienone is 1. The maximum absolute atomic E-state index is 11.1. The van der Waals surface area contributed by atoms with Crippen LogP contribution in [-0.2, 0) is 4.79 Å². The smallest absolute Gasteiger partial charge is 0.221 e. The Morgan fingerprint density at radius 3 is 2.40 bits per heavy atom. The highest BCUT2D eigenvalue weighted by molar-refractivity contribution is 5.89. The molecule has 1 amide bonds. The average molecular weight is 336 g/mol. The first-order valence-electron chi connectivity index (χ1n) is 7.88. The summed E-state index contributed by atoms with van der Waals surface area (Å²) in [6, 6.07) is 15.0. The van der Waals surface area contributed by atoms with Gasteiger partial charge in [-0.25, -0.2) is 0 Å². The zero-order valence-electron chi connectivity index (χ0n) is 14.5. The lowest BCUT2D eigenvalue weighted by Gasteiger charge is -2.13. The fourth-order valence-corrected chi connectivity index (χ4v) is 2.45. The maximum atomic E-state index is 11.1. The molecule has 0 radical (unpaired) electrons. The van der Waals surface area contributed by atoms with E-state index in [1.165, 1.54) is 13.0 Å². The van der Waals surface area contributed by atoms with Gasteiger partial charge in [-0.2, -0.15) is 5.26 Å². The Balaban J connectivity index is 2.42. The number of nitrogens with zero attached hydrogens (tertiary/aromatic N) is 1. The molecule has 2 aromatic carbocycles. The topological polar surface area (TPSA) is 71.3 Å². The molecule has 2 aromatic rings. The van der Waals surface area contributed by atoms with E-state index in [0.717, 1.165) is 16.7 Å². The summed E-state index contributed by atoms with van der Waals surface area (Å²) in [5.74, 6) is 1.14. The first kappa shape index (κ1) is 18.1.